The largest absolute Gasteiger partial charge is 0.329 e. The molecule has 0 radical (unpaired) electrons. The third-order valence-electron chi connectivity index (χ3n) is 1.76. The minimum atomic E-state index is 0.125. The summed E-state index contributed by atoms with van der Waals surface area (Å²) >= 11 is 0. The lowest BCUT2D eigenvalue weighted by Crippen LogP contribution is -2.32. The smallest absolute Gasteiger partial charge is 0.0163 e. The average Bonchev–Trinajstić information content (AvgIpc) is 2.04. The van der Waals surface area contributed by atoms with E-state index in [9.17, 15) is 0 Å². The van der Waals surface area contributed by atoms with Gasteiger partial charge in [-0.2, -0.15) is 0 Å². The van der Waals surface area contributed by atoms with E-state index in [1.54, 1.807) is 0 Å². The molecule has 4 nitrogen and oxygen atoms in total. The Morgan fingerprint density at radius 2 is 1.18 bits per heavy atom. The molecule has 11 heavy (non-hydrogen) atoms. The van der Waals surface area contributed by atoms with Crippen molar-refractivity contribution in [2.24, 2.45) is 22.9 Å². The van der Waals surface area contributed by atoms with E-state index in [1.165, 1.54) is 0 Å². The van der Waals surface area contributed by atoms with Gasteiger partial charge in [-0.15, -0.1) is 0 Å². The molecule has 0 aromatic carbocycles. The first kappa shape index (κ1) is 10.8. The van der Waals surface area contributed by atoms with Gasteiger partial charge in [0.15, 0.2) is 0 Å². The molecule has 0 bridgehead atoms. The Morgan fingerprint density at radius 3 is 1.45 bits per heavy atom. The van der Waals surface area contributed by atoms with Crippen LogP contribution in [0, 0.1) is 0 Å². The van der Waals surface area contributed by atoms with Crippen molar-refractivity contribution in [3.05, 3.63) is 0 Å². The van der Waals surface area contributed by atoms with Crippen molar-refractivity contribution in [1.82, 2.24) is 0 Å². The standard InChI is InChI=1S/C7H20N4/c8-4-6(10)2-1-3-7(11)5-9/h6-7H,1-5,8-11H2. The van der Waals surface area contributed by atoms with Gasteiger partial charge >= 0.3 is 0 Å². The summed E-state index contributed by atoms with van der Waals surface area (Å²) < 4.78 is 0. The highest BCUT2D eigenvalue weighted by atomic mass is 14.7. The van der Waals surface area contributed by atoms with Crippen LogP contribution in [0.3, 0.4) is 0 Å². The molecule has 0 amide bonds. The normalized spacial score (nSPS) is 16.4. The molecule has 0 aliphatic carbocycles. The van der Waals surface area contributed by atoms with Crippen LogP contribution in [-0.2, 0) is 0 Å². The summed E-state index contributed by atoms with van der Waals surface area (Å²) in [4.78, 5) is 0. The average molecular weight is 160 g/mol. The summed E-state index contributed by atoms with van der Waals surface area (Å²) in [5.74, 6) is 0. The second-order valence-electron chi connectivity index (χ2n) is 2.92. The van der Waals surface area contributed by atoms with Crippen LogP contribution in [0.4, 0.5) is 0 Å². The first-order chi connectivity index (χ1) is 5.20. The first-order valence-corrected chi connectivity index (χ1v) is 4.12. The Bertz CT molecular complexity index is 76.5. The van der Waals surface area contributed by atoms with Crippen molar-refractivity contribution in [3.63, 3.8) is 0 Å². The summed E-state index contributed by atoms with van der Waals surface area (Å²) in [6.07, 6.45) is 2.92. The molecule has 0 aliphatic rings. The van der Waals surface area contributed by atoms with Gasteiger partial charge in [0.2, 0.25) is 0 Å². The van der Waals surface area contributed by atoms with Gasteiger partial charge in [-0.25, -0.2) is 0 Å². The van der Waals surface area contributed by atoms with Crippen LogP contribution in [0.1, 0.15) is 19.3 Å². The summed E-state index contributed by atoms with van der Waals surface area (Å²) in [5, 5.41) is 0. The predicted octanol–water partition coefficient (Wildman–Crippen LogP) is -1.27. The van der Waals surface area contributed by atoms with Gasteiger partial charge < -0.3 is 22.9 Å². The SMILES string of the molecule is NCC(N)CCCC(N)CN. The minimum Gasteiger partial charge on any atom is -0.329 e. The van der Waals surface area contributed by atoms with E-state index in [0.717, 1.165) is 19.3 Å². The lowest BCUT2D eigenvalue weighted by Gasteiger charge is -2.10. The van der Waals surface area contributed by atoms with Crippen molar-refractivity contribution in [3.8, 4) is 0 Å². The Kier molecular flexibility index (Phi) is 6.45. The monoisotopic (exact) mass is 160 g/mol. The molecular formula is C7H20N4. The molecule has 4 heteroatoms. The van der Waals surface area contributed by atoms with Gasteiger partial charge in [-0.1, -0.05) is 6.42 Å². The fourth-order valence-electron chi connectivity index (χ4n) is 0.878. The summed E-state index contributed by atoms with van der Waals surface area (Å²) in [6, 6.07) is 0.250. The molecule has 0 saturated heterocycles. The molecule has 0 saturated carbocycles. The lowest BCUT2D eigenvalue weighted by molar-refractivity contribution is 0.523. The predicted molar refractivity (Wildman–Crippen MR) is 47.9 cm³/mol. The number of rotatable bonds is 6. The zero-order valence-electron chi connectivity index (χ0n) is 7.00. The van der Waals surface area contributed by atoms with Crippen molar-refractivity contribution in [2.45, 2.75) is 31.3 Å². The summed E-state index contributed by atoms with van der Waals surface area (Å²) in [6.45, 7) is 1.11. The van der Waals surface area contributed by atoms with Crippen LogP contribution in [0.5, 0.6) is 0 Å². The summed E-state index contributed by atoms with van der Waals surface area (Å²) in [7, 11) is 0. The zero-order chi connectivity index (χ0) is 8.69. The van der Waals surface area contributed by atoms with Crippen molar-refractivity contribution >= 4 is 0 Å². The highest BCUT2D eigenvalue weighted by Crippen LogP contribution is 1.99. The molecule has 8 N–H and O–H groups in total. The van der Waals surface area contributed by atoms with Gasteiger partial charge in [0.05, 0.1) is 0 Å². The van der Waals surface area contributed by atoms with Crippen molar-refractivity contribution < 1.29 is 0 Å². The topological polar surface area (TPSA) is 104 Å². The fraction of sp³-hybridized carbons (Fsp3) is 1.00. The van der Waals surface area contributed by atoms with Crippen molar-refractivity contribution in [1.29, 1.82) is 0 Å². The molecule has 0 aliphatic heterocycles. The third kappa shape index (κ3) is 6.25. The lowest BCUT2D eigenvalue weighted by atomic mass is 10.1. The van der Waals surface area contributed by atoms with Crippen LogP contribution in [-0.4, -0.2) is 25.2 Å². The second kappa shape index (κ2) is 6.54. The molecule has 0 rings (SSSR count). The molecule has 2 unspecified atom stereocenters. The molecule has 68 valence electrons. The van der Waals surface area contributed by atoms with Gasteiger partial charge in [-0.3, -0.25) is 0 Å². The van der Waals surface area contributed by atoms with E-state index >= 15 is 0 Å². The molecule has 0 aromatic heterocycles. The Hall–Kier alpha value is -0.160. The van der Waals surface area contributed by atoms with E-state index in [4.69, 9.17) is 22.9 Å². The fourth-order valence-corrected chi connectivity index (χ4v) is 0.878. The zero-order valence-corrected chi connectivity index (χ0v) is 7.00. The Labute approximate surface area is 68.3 Å². The number of hydrogen-bond acceptors (Lipinski definition) is 4. The maximum atomic E-state index is 5.60. The highest BCUT2D eigenvalue weighted by Gasteiger charge is 2.02. The van der Waals surface area contributed by atoms with E-state index < -0.39 is 0 Å². The molecule has 0 fully saturated rings. The molecular weight excluding hydrogens is 140 g/mol. The Balaban J connectivity index is 3.13. The third-order valence-corrected chi connectivity index (χ3v) is 1.76. The maximum Gasteiger partial charge on any atom is 0.0163 e. The van der Waals surface area contributed by atoms with E-state index in [1.807, 2.05) is 0 Å². The Morgan fingerprint density at radius 1 is 0.818 bits per heavy atom. The van der Waals surface area contributed by atoms with Crippen LogP contribution in [0.15, 0.2) is 0 Å². The van der Waals surface area contributed by atoms with E-state index in [2.05, 4.69) is 0 Å². The quantitative estimate of drug-likeness (QED) is 0.389. The molecule has 0 spiro atoms. The van der Waals surface area contributed by atoms with Crippen molar-refractivity contribution in [2.75, 3.05) is 13.1 Å². The number of hydrogen-bond donors (Lipinski definition) is 4. The van der Waals surface area contributed by atoms with Gasteiger partial charge in [-0.05, 0) is 12.8 Å². The maximum absolute atomic E-state index is 5.60. The first-order valence-electron chi connectivity index (χ1n) is 4.12. The summed E-state index contributed by atoms with van der Waals surface area (Å²) in [5.41, 5.74) is 21.9. The second-order valence-corrected chi connectivity index (χ2v) is 2.92. The van der Waals surface area contributed by atoms with Gasteiger partial charge in [0.1, 0.15) is 0 Å². The van der Waals surface area contributed by atoms with Crippen LogP contribution in [0.2, 0.25) is 0 Å². The molecule has 0 aromatic rings. The number of nitrogens with two attached hydrogens (primary N) is 4. The van der Waals surface area contributed by atoms with Crippen LogP contribution < -0.4 is 22.9 Å². The van der Waals surface area contributed by atoms with E-state index in [0.29, 0.717) is 13.1 Å². The van der Waals surface area contributed by atoms with E-state index in [-0.39, 0.29) is 12.1 Å². The highest BCUT2D eigenvalue weighted by molar-refractivity contribution is 4.66. The van der Waals surface area contributed by atoms with Crippen LogP contribution >= 0.6 is 0 Å². The van der Waals surface area contributed by atoms with Gasteiger partial charge in [0.25, 0.3) is 0 Å². The molecule has 2 atom stereocenters. The van der Waals surface area contributed by atoms with Crippen LogP contribution in [0.25, 0.3) is 0 Å². The molecule has 0 heterocycles. The van der Waals surface area contributed by atoms with Gasteiger partial charge in [0, 0.05) is 25.2 Å². The minimum absolute atomic E-state index is 0.125.